The number of aromatic nitrogens is 2. The first-order valence-electron chi connectivity index (χ1n) is 9.37. The highest BCUT2D eigenvalue weighted by Crippen LogP contribution is 2.32. The zero-order chi connectivity index (χ0) is 19.9. The zero-order valence-electron chi connectivity index (χ0n) is 16.3. The molecular weight excluding hydrogens is 358 g/mol. The molecular formula is C21H23N3O4. The summed E-state index contributed by atoms with van der Waals surface area (Å²) in [6, 6.07) is 7.75. The van der Waals surface area contributed by atoms with Crippen LogP contribution in [-0.2, 0) is 16.1 Å². The van der Waals surface area contributed by atoms with Crippen molar-refractivity contribution in [1.82, 2.24) is 14.5 Å². The van der Waals surface area contributed by atoms with E-state index in [0.29, 0.717) is 37.3 Å². The number of hydrogen-bond acceptors (Lipinski definition) is 5. The molecule has 0 aliphatic carbocycles. The van der Waals surface area contributed by atoms with Gasteiger partial charge in [-0.2, -0.15) is 0 Å². The van der Waals surface area contributed by atoms with Crippen LogP contribution in [0.1, 0.15) is 45.0 Å². The third-order valence-electron chi connectivity index (χ3n) is 4.66. The molecule has 2 aliphatic rings. The highest BCUT2D eigenvalue weighted by molar-refractivity contribution is 6.05. The largest absolute Gasteiger partial charge is 0.485 e. The maximum atomic E-state index is 12.8. The summed E-state index contributed by atoms with van der Waals surface area (Å²) in [6.45, 7) is 6.09. The molecule has 0 N–H and O–H groups in total. The van der Waals surface area contributed by atoms with E-state index in [1.54, 1.807) is 33.2 Å². The predicted molar refractivity (Wildman–Crippen MR) is 103 cm³/mol. The van der Waals surface area contributed by atoms with Crippen molar-refractivity contribution in [2.24, 2.45) is 0 Å². The lowest BCUT2D eigenvalue weighted by Gasteiger charge is -2.29. The van der Waals surface area contributed by atoms with Crippen molar-refractivity contribution in [2.75, 3.05) is 6.54 Å². The second kappa shape index (κ2) is 6.82. The molecule has 4 rings (SSSR count). The van der Waals surface area contributed by atoms with Crippen molar-refractivity contribution < 1.29 is 19.1 Å². The standard InChI is InChI=1S/C21H23N3O4/c1-21(2,3)28-20(26)23-10-6-7-14(19(23)25)11-15-17-12-27-18-9-5-4-8-16(18)24(17)13-22-15/h4-5,8-9,11,13H,6-7,10,12H2,1-3H3/b14-11+. The number of benzene rings is 1. The van der Waals surface area contributed by atoms with Crippen molar-refractivity contribution in [1.29, 1.82) is 0 Å². The predicted octanol–water partition coefficient (Wildman–Crippen LogP) is 3.71. The lowest BCUT2D eigenvalue weighted by molar-refractivity contribution is -0.127. The van der Waals surface area contributed by atoms with Gasteiger partial charge < -0.3 is 9.47 Å². The normalized spacial score (nSPS) is 17.8. The van der Waals surface area contributed by atoms with Crippen molar-refractivity contribution in [3.8, 4) is 11.4 Å². The number of likely N-dealkylation sites (tertiary alicyclic amines) is 1. The van der Waals surface area contributed by atoms with Gasteiger partial charge in [0.05, 0.1) is 17.1 Å². The van der Waals surface area contributed by atoms with Gasteiger partial charge in [-0.25, -0.2) is 14.7 Å². The highest BCUT2D eigenvalue weighted by Gasteiger charge is 2.32. The number of carbonyl (C=O) groups is 2. The zero-order valence-corrected chi connectivity index (χ0v) is 16.3. The van der Waals surface area contributed by atoms with Crippen molar-refractivity contribution >= 4 is 18.1 Å². The van der Waals surface area contributed by atoms with Gasteiger partial charge in [-0.15, -0.1) is 0 Å². The number of hydrogen-bond donors (Lipinski definition) is 0. The molecule has 0 unspecified atom stereocenters. The summed E-state index contributed by atoms with van der Waals surface area (Å²) in [4.78, 5) is 30.8. The molecule has 3 heterocycles. The van der Waals surface area contributed by atoms with Crippen LogP contribution in [0.4, 0.5) is 4.79 Å². The number of nitrogens with zero attached hydrogens (tertiary/aromatic N) is 3. The van der Waals surface area contributed by atoms with Gasteiger partial charge >= 0.3 is 6.09 Å². The number of imide groups is 1. The second-order valence-corrected chi connectivity index (χ2v) is 7.91. The van der Waals surface area contributed by atoms with Gasteiger partial charge in [0.1, 0.15) is 24.3 Å². The Morgan fingerprint density at radius 1 is 1.29 bits per heavy atom. The van der Waals surface area contributed by atoms with Gasteiger partial charge in [0.15, 0.2) is 0 Å². The summed E-state index contributed by atoms with van der Waals surface area (Å²) < 4.78 is 13.2. The molecule has 1 aromatic heterocycles. The maximum Gasteiger partial charge on any atom is 0.417 e. The Morgan fingerprint density at radius 2 is 2.07 bits per heavy atom. The van der Waals surface area contributed by atoms with Crippen LogP contribution in [0.5, 0.6) is 5.75 Å². The van der Waals surface area contributed by atoms with Crippen LogP contribution in [-0.4, -0.2) is 38.6 Å². The molecule has 0 atom stereocenters. The fourth-order valence-corrected chi connectivity index (χ4v) is 3.38. The van der Waals surface area contributed by atoms with Crippen LogP contribution in [0.3, 0.4) is 0 Å². The molecule has 2 aliphatic heterocycles. The Hall–Kier alpha value is -3.09. The number of carbonyl (C=O) groups excluding carboxylic acids is 2. The first-order valence-corrected chi connectivity index (χ1v) is 9.37. The number of piperidine rings is 1. The van der Waals surface area contributed by atoms with Crippen LogP contribution in [0.25, 0.3) is 11.8 Å². The van der Waals surface area contributed by atoms with E-state index in [-0.39, 0.29) is 5.91 Å². The molecule has 1 aromatic carbocycles. The Balaban J connectivity index is 1.61. The Kier molecular flexibility index (Phi) is 4.45. The van der Waals surface area contributed by atoms with Gasteiger partial charge in [0, 0.05) is 12.1 Å². The number of fused-ring (bicyclic) bond motifs is 3. The molecule has 146 valence electrons. The molecule has 0 saturated carbocycles. The highest BCUT2D eigenvalue weighted by atomic mass is 16.6. The molecule has 2 aromatic rings. The molecule has 28 heavy (non-hydrogen) atoms. The van der Waals surface area contributed by atoms with Crippen LogP contribution in [0.2, 0.25) is 0 Å². The molecule has 0 bridgehead atoms. The fraction of sp³-hybridized carbons (Fsp3) is 0.381. The van der Waals surface area contributed by atoms with E-state index >= 15 is 0 Å². The van der Waals surface area contributed by atoms with Crippen molar-refractivity contribution in [3.05, 3.63) is 47.6 Å². The summed E-state index contributed by atoms with van der Waals surface area (Å²) >= 11 is 0. The summed E-state index contributed by atoms with van der Waals surface area (Å²) in [5, 5.41) is 0. The SMILES string of the molecule is CC(C)(C)OC(=O)N1CCC/C(=C\c2ncn3c2COc2ccccc2-3)C1=O. The number of ether oxygens (including phenoxy) is 2. The Morgan fingerprint density at radius 3 is 2.86 bits per heavy atom. The summed E-state index contributed by atoms with van der Waals surface area (Å²) in [6.07, 6.45) is 4.20. The third-order valence-corrected chi connectivity index (χ3v) is 4.66. The average Bonchev–Trinajstić information content (AvgIpc) is 3.05. The van der Waals surface area contributed by atoms with Crippen LogP contribution < -0.4 is 4.74 Å². The monoisotopic (exact) mass is 381 g/mol. The Labute approximate surface area is 163 Å². The summed E-state index contributed by atoms with van der Waals surface area (Å²) in [5.74, 6) is 0.482. The fourth-order valence-electron chi connectivity index (χ4n) is 3.38. The Bertz CT molecular complexity index is 968. The van der Waals surface area contributed by atoms with Gasteiger partial charge in [0.25, 0.3) is 5.91 Å². The number of rotatable bonds is 1. The molecule has 2 amide bonds. The molecule has 7 nitrogen and oxygen atoms in total. The smallest absolute Gasteiger partial charge is 0.417 e. The lowest BCUT2D eigenvalue weighted by Crippen LogP contribution is -2.44. The second-order valence-electron chi connectivity index (χ2n) is 7.91. The minimum Gasteiger partial charge on any atom is -0.485 e. The maximum absolute atomic E-state index is 12.8. The molecule has 0 spiro atoms. The first kappa shape index (κ1) is 18.3. The van der Waals surface area contributed by atoms with Crippen molar-refractivity contribution in [2.45, 2.75) is 45.8 Å². The quantitative estimate of drug-likeness (QED) is 0.704. The van der Waals surface area contributed by atoms with E-state index in [0.717, 1.165) is 17.1 Å². The average molecular weight is 381 g/mol. The van der Waals surface area contributed by atoms with E-state index < -0.39 is 11.7 Å². The van der Waals surface area contributed by atoms with Crippen LogP contribution in [0.15, 0.2) is 36.2 Å². The van der Waals surface area contributed by atoms with Crippen LogP contribution in [0, 0.1) is 0 Å². The summed E-state index contributed by atoms with van der Waals surface area (Å²) in [5.41, 5.74) is 2.40. The summed E-state index contributed by atoms with van der Waals surface area (Å²) in [7, 11) is 0. The lowest BCUT2D eigenvalue weighted by atomic mass is 10.0. The number of imidazole rings is 1. The van der Waals surface area contributed by atoms with E-state index in [9.17, 15) is 9.59 Å². The topological polar surface area (TPSA) is 73.7 Å². The molecule has 7 heteroatoms. The van der Waals surface area contributed by atoms with Gasteiger partial charge in [-0.3, -0.25) is 9.36 Å². The van der Waals surface area contributed by atoms with Gasteiger partial charge in [-0.1, -0.05) is 12.1 Å². The minimum absolute atomic E-state index is 0.320. The van der Waals surface area contributed by atoms with Crippen molar-refractivity contribution in [3.63, 3.8) is 0 Å². The first-order chi connectivity index (χ1) is 13.3. The molecule has 1 fully saturated rings. The van der Waals surface area contributed by atoms with E-state index in [1.165, 1.54) is 4.90 Å². The van der Waals surface area contributed by atoms with E-state index in [1.807, 2.05) is 28.8 Å². The van der Waals surface area contributed by atoms with Crippen LogP contribution >= 0.6 is 0 Å². The minimum atomic E-state index is -0.646. The number of amides is 2. The molecule has 1 saturated heterocycles. The molecule has 0 radical (unpaired) electrons. The van der Waals surface area contributed by atoms with Gasteiger partial charge in [-0.05, 0) is 51.8 Å². The van der Waals surface area contributed by atoms with E-state index in [4.69, 9.17) is 9.47 Å². The van der Waals surface area contributed by atoms with Gasteiger partial charge in [0.2, 0.25) is 0 Å². The van der Waals surface area contributed by atoms with E-state index in [2.05, 4.69) is 4.98 Å². The number of para-hydroxylation sites is 2. The third kappa shape index (κ3) is 3.40.